The number of carbonyl (C=O) groups is 2. The first kappa shape index (κ1) is 27.4. The van der Waals surface area contributed by atoms with Crippen LogP contribution >= 0.6 is 11.6 Å². The highest BCUT2D eigenvalue weighted by Gasteiger charge is 2.34. The molecule has 0 unspecified atom stereocenters. The molecular formula is C26H33ClN4O5S. The molecule has 2 heterocycles. The molecule has 2 saturated heterocycles. The number of ether oxygens (including phenoxy) is 1. The van der Waals surface area contributed by atoms with E-state index in [0.29, 0.717) is 48.8 Å². The van der Waals surface area contributed by atoms with Crippen molar-refractivity contribution in [1.82, 2.24) is 14.1 Å². The predicted octanol–water partition coefficient (Wildman–Crippen LogP) is 3.17. The molecule has 2 aliphatic heterocycles. The van der Waals surface area contributed by atoms with Gasteiger partial charge >= 0.3 is 0 Å². The van der Waals surface area contributed by atoms with Gasteiger partial charge in [-0.3, -0.25) is 9.59 Å². The van der Waals surface area contributed by atoms with E-state index in [0.717, 1.165) is 13.1 Å². The largest absolute Gasteiger partial charge is 0.492 e. The van der Waals surface area contributed by atoms with E-state index in [4.69, 9.17) is 16.3 Å². The monoisotopic (exact) mass is 548 g/mol. The summed E-state index contributed by atoms with van der Waals surface area (Å²) < 4.78 is 33.4. The van der Waals surface area contributed by atoms with E-state index in [1.165, 1.54) is 10.4 Å². The summed E-state index contributed by atoms with van der Waals surface area (Å²) in [4.78, 5) is 29.7. The first-order chi connectivity index (χ1) is 17.7. The van der Waals surface area contributed by atoms with Crippen LogP contribution in [0.1, 0.15) is 30.1 Å². The highest BCUT2D eigenvalue weighted by Crippen LogP contribution is 2.32. The summed E-state index contributed by atoms with van der Waals surface area (Å²) >= 11 is 6.06. The fourth-order valence-electron chi connectivity index (χ4n) is 4.59. The normalized spacial score (nSPS) is 18.0. The molecule has 2 amide bonds. The lowest BCUT2D eigenvalue weighted by Gasteiger charge is -2.32. The summed E-state index contributed by atoms with van der Waals surface area (Å²) in [5, 5.41) is 3.22. The van der Waals surface area contributed by atoms with Crippen molar-refractivity contribution in [2.75, 3.05) is 58.2 Å². The van der Waals surface area contributed by atoms with Gasteiger partial charge in [-0.2, -0.15) is 4.31 Å². The Bertz CT molecular complexity index is 1220. The second kappa shape index (κ2) is 11.8. The average Bonchev–Trinajstić information content (AvgIpc) is 2.90. The van der Waals surface area contributed by atoms with E-state index in [9.17, 15) is 18.0 Å². The fraction of sp³-hybridized carbons (Fsp3) is 0.462. The molecule has 2 fully saturated rings. The molecule has 2 aromatic carbocycles. The van der Waals surface area contributed by atoms with Crippen molar-refractivity contribution in [3.8, 4) is 5.75 Å². The minimum absolute atomic E-state index is 0.00763. The van der Waals surface area contributed by atoms with Crippen molar-refractivity contribution < 1.29 is 22.7 Å². The van der Waals surface area contributed by atoms with Crippen LogP contribution in [0.5, 0.6) is 5.75 Å². The van der Waals surface area contributed by atoms with E-state index >= 15 is 0 Å². The van der Waals surface area contributed by atoms with Crippen molar-refractivity contribution in [1.29, 1.82) is 0 Å². The smallest absolute Gasteiger partial charge is 0.253 e. The highest BCUT2D eigenvalue weighted by atomic mass is 35.5. The number of nitrogens with one attached hydrogen (secondary N) is 1. The van der Waals surface area contributed by atoms with Gasteiger partial charge in [-0.25, -0.2) is 8.42 Å². The predicted molar refractivity (Wildman–Crippen MR) is 143 cm³/mol. The number of sulfonamides is 1. The first-order valence-electron chi connectivity index (χ1n) is 12.5. The molecular weight excluding hydrogens is 516 g/mol. The number of piperazine rings is 1. The Labute approximate surface area is 223 Å². The van der Waals surface area contributed by atoms with Crippen LogP contribution in [0.3, 0.4) is 0 Å². The van der Waals surface area contributed by atoms with E-state index in [2.05, 4.69) is 10.2 Å². The van der Waals surface area contributed by atoms with Gasteiger partial charge in [0.1, 0.15) is 10.6 Å². The van der Waals surface area contributed by atoms with Gasteiger partial charge in [0.25, 0.3) is 5.91 Å². The maximum absolute atomic E-state index is 13.3. The maximum Gasteiger partial charge on any atom is 0.253 e. The number of anilines is 1. The molecule has 9 nitrogen and oxygen atoms in total. The van der Waals surface area contributed by atoms with E-state index in [-0.39, 0.29) is 41.5 Å². The quantitative estimate of drug-likeness (QED) is 0.570. The molecule has 0 radical (unpaired) electrons. The van der Waals surface area contributed by atoms with E-state index in [1.54, 1.807) is 43.3 Å². The van der Waals surface area contributed by atoms with Gasteiger partial charge in [-0.15, -0.1) is 0 Å². The zero-order valence-corrected chi connectivity index (χ0v) is 22.7. The van der Waals surface area contributed by atoms with Crippen LogP contribution in [0.25, 0.3) is 0 Å². The second-order valence-electron chi connectivity index (χ2n) is 9.36. The van der Waals surface area contributed by atoms with Crippen molar-refractivity contribution in [3.63, 3.8) is 0 Å². The lowest BCUT2D eigenvalue weighted by molar-refractivity contribution is -0.120. The lowest BCUT2D eigenvalue weighted by Crippen LogP contribution is -2.47. The minimum Gasteiger partial charge on any atom is -0.492 e. The number of rotatable bonds is 7. The van der Waals surface area contributed by atoms with E-state index in [1.807, 2.05) is 11.9 Å². The van der Waals surface area contributed by atoms with Gasteiger partial charge in [-0.05, 0) is 69.3 Å². The summed E-state index contributed by atoms with van der Waals surface area (Å²) in [6, 6.07) is 11.5. The van der Waals surface area contributed by atoms with Gasteiger partial charge < -0.3 is 19.9 Å². The van der Waals surface area contributed by atoms with Gasteiger partial charge in [-0.1, -0.05) is 11.6 Å². The summed E-state index contributed by atoms with van der Waals surface area (Å²) in [6.07, 6.45) is 0.797. The number of carbonyl (C=O) groups excluding carboxylic acids is 2. The van der Waals surface area contributed by atoms with Crippen LogP contribution in [-0.4, -0.2) is 87.3 Å². The van der Waals surface area contributed by atoms with Crippen LogP contribution in [0.4, 0.5) is 5.69 Å². The number of likely N-dealkylation sites (N-methyl/N-ethyl adjacent to an activating group) is 1. The van der Waals surface area contributed by atoms with Crippen LogP contribution in [-0.2, 0) is 14.8 Å². The Hall–Kier alpha value is -2.66. The average molecular weight is 549 g/mol. The van der Waals surface area contributed by atoms with Crippen LogP contribution in [0.15, 0.2) is 47.4 Å². The van der Waals surface area contributed by atoms with E-state index < -0.39 is 10.0 Å². The van der Waals surface area contributed by atoms with Crippen LogP contribution < -0.4 is 10.1 Å². The molecule has 4 rings (SSSR count). The zero-order valence-electron chi connectivity index (χ0n) is 21.2. The number of benzene rings is 2. The lowest BCUT2D eigenvalue weighted by atomic mass is 9.97. The molecule has 37 heavy (non-hydrogen) atoms. The number of halogens is 1. The molecule has 0 bridgehead atoms. The SMILES string of the molecule is CCOc1ccc(Cl)cc1S(=O)(=O)N1CCC(C(=O)Nc2ccc(C(=O)N3CCN(C)CC3)cc2)CC1. The third kappa shape index (κ3) is 6.43. The third-order valence-electron chi connectivity index (χ3n) is 6.84. The minimum atomic E-state index is -3.82. The number of hydrogen-bond donors (Lipinski definition) is 1. The molecule has 1 N–H and O–H groups in total. The Morgan fingerprint density at radius 1 is 1.00 bits per heavy atom. The van der Waals surface area contributed by atoms with Crippen molar-refractivity contribution in [2.24, 2.45) is 5.92 Å². The summed E-state index contributed by atoms with van der Waals surface area (Å²) in [6.45, 7) is 5.66. The molecule has 0 atom stereocenters. The zero-order chi connectivity index (χ0) is 26.6. The topological polar surface area (TPSA) is 99.3 Å². The van der Waals surface area contributed by atoms with Crippen molar-refractivity contribution in [3.05, 3.63) is 53.1 Å². The van der Waals surface area contributed by atoms with Gasteiger partial charge in [0.15, 0.2) is 0 Å². The number of hydrogen-bond acceptors (Lipinski definition) is 6. The number of nitrogens with zero attached hydrogens (tertiary/aromatic N) is 3. The molecule has 0 spiro atoms. The van der Waals surface area contributed by atoms with Crippen LogP contribution in [0.2, 0.25) is 5.02 Å². The Morgan fingerprint density at radius 2 is 1.65 bits per heavy atom. The van der Waals surface area contributed by atoms with Crippen LogP contribution in [0, 0.1) is 5.92 Å². The molecule has 2 aromatic rings. The molecule has 200 valence electrons. The Balaban J connectivity index is 1.33. The Kier molecular flexibility index (Phi) is 8.74. The maximum atomic E-state index is 13.3. The number of amides is 2. The number of piperidine rings is 1. The first-order valence-corrected chi connectivity index (χ1v) is 14.3. The summed E-state index contributed by atoms with van der Waals surface area (Å²) in [5.41, 5.74) is 1.20. The third-order valence-corrected chi connectivity index (χ3v) is 8.99. The molecule has 0 saturated carbocycles. The van der Waals surface area contributed by atoms with Gasteiger partial charge in [0, 0.05) is 61.5 Å². The van der Waals surface area contributed by atoms with Crippen molar-refractivity contribution >= 4 is 39.1 Å². The molecule has 2 aliphatic rings. The summed E-state index contributed by atoms with van der Waals surface area (Å²) in [7, 11) is -1.78. The molecule has 0 aromatic heterocycles. The summed E-state index contributed by atoms with van der Waals surface area (Å²) in [5.74, 6) is -0.218. The fourth-order valence-corrected chi connectivity index (χ4v) is 6.45. The second-order valence-corrected chi connectivity index (χ2v) is 11.7. The van der Waals surface area contributed by atoms with Crippen molar-refractivity contribution in [2.45, 2.75) is 24.7 Å². The Morgan fingerprint density at radius 3 is 2.27 bits per heavy atom. The standard InChI is InChI=1S/C26H33ClN4O5S/c1-3-36-23-9-6-21(27)18-24(23)37(34,35)31-12-10-19(11-13-31)25(32)28-22-7-4-20(5-8-22)26(33)30-16-14-29(2)15-17-30/h4-9,18-19H,3,10-17H2,1-2H3,(H,28,32). The highest BCUT2D eigenvalue weighted by molar-refractivity contribution is 7.89. The van der Waals surface area contributed by atoms with Gasteiger partial charge in [0.2, 0.25) is 15.9 Å². The molecule has 11 heteroatoms. The van der Waals surface area contributed by atoms with Gasteiger partial charge in [0.05, 0.1) is 6.61 Å². The molecule has 0 aliphatic carbocycles.